The molecule has 3 N–H and O–H groups in total. The number of likely N-dealkylation sites (N-methyl/N-ethyl adjacent to an activating group) is 1. The number of carbonyl (C=O) groups is 4. The molecular formula is C27H32N4O7S2. The number of sulfonamides is 1. The van der Waals surface area contributed by atoms with Gasteiger partial charge in [0.1, 0.15) is 29.5 Å². The summed E-state index contributed by atoms with van der Waals surface area (Å²) in [4.78, 5) is 52.8. The van der Waals surface area contributed by atoms with Crippen LogP contribution in [0.4, 0.5) is 0 Å². The highest BCUT2D eigenvalue weighted by Crippen LogP contribution is 2.50. The van der Waals surface area contributed by atoms with Crippen LogP contribution in [0, 0.1) is 6.92 Å². The smallest absolute Gasteiger partial charge is 0.327 e. The Labute approximate surface area is 237 Å². The third kappa shape index (κ3) is 5.32. The van der Waals surface area contributed by atoms with Crippen LogP contribution in [-0.4, -0.2) is 81.7 Å². The highest BCUT2D eigenvalue weighted by atomic mass is 32.2. The van der Waals surface area contributed by atoms with E-state index >= 15 is 0 Å². The molecule has 0 bridgehead atoms. The first-order valence-electron chi connectivity index (χ1n) is 12.6. The number of β-lactam (4-membered cyclic amide) rings is 1. The predicted molar refractivity (Wildman–Crippen MR) is 149 cm³/mol. The van der Waals surface area contributed by atoms with E-state index in [0.29, 0.717) is 5.56 Å². The average Bonchev–Trinajstić information content (AvgIpc) is 3.17. The van der Waals surface area contributed by atoms with Gasteiger partial charge in [-0.25, -0.2) is 13.2 Å². The van der Waals surface area contributed by atoms with Crippen LogP contribution < -0.4 is 10.6 Å². The number of carboxylic acids is 1. The Bertz CT molecular complexity index is 1430. The minimum absolute atomic E-state index is 0.0299. The van der Waals surface area contributed by atoms with Crippen LogP contribution in [0.2, 0.25) is 0 Å². The van der Waals surface area contributed by atoms with Crippen LogP contribution >= 0.6 is 11.8 Å². The highest BCUT2D eigenvalue weighted by molar-refractivity contribution is 8.01. The van der Waals surface area contributed by atoms with Gasteiger partial charge in [-0.3, -0.25) is 14.4 Å². The van der Waals surface area contributed by atoms with E-state index < -0.39 is 68.0 Å². The number of nitrogens with one attached hydrogen (secondary N) is 2. The maximum Gasteiger partial charge on any atom is 0.327 e. The number of aliphatic carboxylic acids is 1. The Hall–Kier alpha value is -3.42. The molecule has 2 aliphatic rings. The fraction of sp³-hybridized carbons (Fsp3) is 0.407. The van der Waals surface area contributed by atoms with E-state index in [-0.39, 0.29) is 4.90 Å². The molecule has 0 saturated carbocycles. The van der Waals surface area contributed by atoms with Crippen LogP contribution in [0.3, 0.4) is 0 Å². The Kier molecular flexibility index (Phi) is 8.03. The summed E-state index contributed by atoms with van der Waals surface area (Å²) < 4.78 is 26.4. The quantitative estimate of drug-likeness (QED) is 0.373. The molecular weight excluding hydrogens is 556 g/mol. The summed E-state index contributed by atoms with van der Waals surface area (Å²) in [5.41, 5.74) is 1.31. The summed E-state index contributed by atoms with van der Waals surface area (Å²) in [6.45, 7) is 6.71. The number of fused-ring (bicyclic) bond motifs is 1. The molecule has 0 aliphatic carbocycles. The van der Waals surface area contributed by atoms with Crippen LogP contribution in [0.1, 0.15) is 37.9 Å². The molecule has 1 unspecified atom stereocenters. The number of thioether (sulfide) groups is 1. The molecule has 2 heterocycles. The van der Waals surface area contributed by atoms with Crippen LogP contribution in [-0.2, 0) is 29.2 Å². The van der Waals surface area contributed by atoms with Crippen molar-refractivity contribution in [3.05, 3.63) is 65.7 Å². The monoisotopic (exact) mass is 588 g/mol. The Balaban J connectivity index is 1.52. The molecule has 214 valence electrons. The summed E-state index contributed by atoms with van der Waals surface area (Å²) in [5.74, 6) is -3.03. The molecule has 0 radical (unpaired) electrons. The topological polar surface area (TPSA) is 153 Å². The van der Waals surface area contributed by atoms with E-state index in [1.54, 1.807) is 56.3 Å². The lowest BCUT2D eigenvalue weighted by atomic mass is 9.95. The molecule has 5 atom stereocenters. The van der Waals surface area contributed by atoms with Gasteiger partial charge in [-0.05, 0) is 45.4 Å². The largest absolute Gasteiger partial charge is 0.480 e. The van der Waals surface area contributed by atoms with E-state index in [9.17, 15) is 32.7 Å². The second-order valence-corrected chi connectivity index (χ2v) is 14.2. The van der Waals surface area contributed by atoms with E-state index in [0.717, 1.165) is 9.87 Å². The van der Waals surface area contributed by atoms with Gasteiger partial charge in [0.25, 0.3) is 0 Å². The minimum Gasteiger partial charge on any atom is -0.480 e. The molecule has 2 saturated heterocycles. The molecule has 2 aromatic carbocycles. The summed E-state index contributed by atoms with van der Waals surface area (Å²) in [7, 11) is -2.72. The predicted octanol–water partition coefficient (Wildman–Crippen LogP) is 1.49. The molecule has 40 heavy (non-hydrogen) atoms. The molecule has 4 rings (SSSR count). The summed E-state index contributed by atoms with van der Waals surface area (Å²) in [5, 5.41) is 14.4. The van der Waals surface area contributed by atoms with E-state index in [1.165, 1.54) is 42.8 Å². The van der Waals surface area contributed by atoms with E-state index in [1.807, 2.05) is 6.92 Å². The van der Waals surface area contributed by atoms with Gasteiger partial charge >= 0.3 is 5.97 Å². The third-order valence-electron chi connectivity index (χ3n) is 7.28. The van der Waals surface area contributed by atoms with Crippen LogP contribution in [0.25, 0.3) is 0 Å². The van der Waals surface area contributed by atoms with Gasteiger partial charge in [0, 0.05) is 11.8 Å². The van der Waals surface area contributed by atoms with Gasteiger partial charge < -0.3 is 20.6 Å². The van der Waals surface area contributed by atoms with Crippen molar-refractivity contribution in [2.75, 3.05) is 7.05 Å². The summed E-state index contributed by atoms with van der Waals surface area (Å²) >= 11 is 1.29. The molecule has 2 aliphatic heterocycles. The van der Waals surface area contributed by atoms with Crippen LogP contribution in [0.15, 0.2) is 59.5 Å². The van der Waals surface area contributed by atoms with Crippen molar-refractivity contribution < 1.29 is 32.7 Å². The SMILES string of the molecule is Cc1ccc(S(=O)(=O)N(C)[C@@H](C)C(=O)NC(C(=O)N[C@@H]2C(=O)N3[C@@H]2SC(C)(C)[C@@H]3C(=O)O)c2ccccc2)cc1. The number of hydrogen-bond donors (Lipinski definition) is 3. The standard InChI is InChI=1S/C27H32N4O7S2/c1-15-11-13-18(14-12-15)40(37,38)30(5)16(2)22(32)28-19(17-9-7-6-8-10-17)23(33)29-20-24(34)31-21(26(35)36)27(3,4)39-25(20)31/h6-14,16,19-21,25H,1-5H3,(H,28,32)(H,29,33)(H,35,36)/t16-,19?,20+,21-,25+/m0/s1. The van der Waals surface area contributed by atoms with Gasteiger partial charge in [0.15, 0.2) is 0 Å². The zero-order valence-corrected chi connectivity index (χ0v) is 24.3. The fourth-order valence-electron chi connectivity index (χ4n) is 4.84. The summed E-state index contributed by atoms with van der Waals surface area (Å²) in [6.07, 6.45) is 0. The van der Waals surface area contributed by atoms with E-state index in [4.69, 9.17) is 0 Å². The van der Waals surface area contributed by atoms with Crippen molar-refractivity contribution in [2.45, 2.75) is 66.9 Å². The van der Waals surface area contributed by atoms with Gasteiger partial charge in [-0.2, -0.15) is 4.31 Å². The van der Waals surface area contributed by atoms with Crippen molar-refractivity contribution in [1.82, 2.24) is 19.8 Å². The molecule has 13 heteroatoms. The van der Waals surface area contributed by atoms with Gasteiger partial charge in [-0.15, -0.1) is 11.8 Å². The fourth-order valence-corrected chi connectivity index (χ4v) is 7.79. The minimum atomic E-state index is -4.00. The second kappa shape index (κ2) is 10.9. The number of rotatable bonds is 9. The van der Waals surface area contributed by atoms with Crippen molar-refractivity contribution in [3.8, 4) is 0 Å². The first-order valence-corrected chi connectivity index (χ1v) is 14.9. The normalized spacial score (nSPS) is 23.1. The van der Waals surface area contributed by atoms with Gasteiger partial charge in [0.05, 0.1) is 4.90 Å². The Morgan fingerprint density at radius 2 is 1.65 bits per heavy atom. The number of nitrogens with zero attached hydrogens (tertiary/aromatic N) is 2. The Morgan fingerprint density at radius 3 is 2.23 bits per heavy atom. The van der Waals surface area contributed by atoms with Crippen molar-refractivity contribution in [3.63, 3.8) is 0 Å². The zero-order valence-electron chi connectivity index (χ0n) is 22.7. The maximum absolute atomic E-state index is 13.5. The van der Waals surface area contributed by atoms with Crippen molar-refractivity contribution in [1.29, 1.82) is 0 Å². The number of carbonyl (C=O) groups excluding carboxylic acids is 3. The Morgan fingerprint density at radius 1 is 1.05 bits per heavy atom. The zero-order chi connectivity index (χ0) is 29.6. The lowest BCUT2D eigenvalue weighted by Gasteiger charge is -2.44. The first kappa shape index (κ1) is 29.6. The van der Waals surface area contributed by atoms with Crippen molar-refractivity contribution >= 4 is 45.5 Å². The molecule has 3 amide bonds. The lowest BCUT2D eigenvalue weighted by Crippen LogP contribution is -2.71. The first-order chi connectivity index (χ1) is 18.7. The molecule has 11 nitrogen and oxygen atoms in total. The lowest BCUT2D eigenvalue weighted by molar-refractivity contribution is -0.161. The van der Waals surface area contributed by atoms with E-state index in [2.05, 4.69) is 10.6 Å². The van der Waals surface area contributed by atoms with Gasteiger partial charge in [-0.1, -0.05) is 48.0 Å². The number of aryl methyl sites for hydroxylation is 1. The van der Waals surface area contributed by atoms with Gasteiger partial charge in [0.2, 0.25) is 27.7 Å². The molecule has 0 spiro atoms. The number of benzene rings is 2. The highest BCUT2D eigenvalue weighted by Gasteiger charge is 2.64. The van der Waals surface area contributed by atoms with Crippen molar-refractivity contribution in [2.24, 2.45) is 0 Å². The molecule has 2 aromatic rings. The maximum atomic E-state index is 13.5. The number of carboxylic acid groups (broad SMARTS) is 1. The number of hydrogen-bond acceptors (Lipinski definition) is 7. The summed E-state index contributed by atoms with van der Waals surface area (Å²) in [6, 6.07) is 10.2. The molecule has 2 fully saturated rings. The number of amides is 3. The third-order valence-corrected chi connectivity index (χ3v) is 10.8. The second-order valence-electron chi connectivity index (χ2n) is 10.4. The molecule has 0 aromatic heterocycles. The van der Waals surface area contributed by atoms with Crippen LogP contribution in [0.5, 0.6) is 0 Å². The average molecular weight is 589 g/mol.